The van der Waals surface area contributed by atoms with Gasteiger partial charge in [0.15, 0.2) is 0 Å². The maximum Gasteiger partial charge on any atom is 0.319 e. The van der Waals surface area contributed by atoms with E-state index in [4.69, 9.17) is 0 Å². The SMILES string of the molecule is CC(C)c1ccc(NC(=O)N[C@H]2CCCN(Cc3ccccn3)C2)cc1. The van der Waals surface area contributed by atoms with Gasteiger partial charge < -0.3 is 10.6 Å². The lowest BCUT2D eigenvalue weighted by Gasteiger charge is -2.32. The normalized spacial score (nSPS) is 17.9. The van der Waals surface area contributed by atoms with E-state index in [-0.39, 0.29) is 12.1 Å². The van der Waals surface area contributed by atoms with Crippen LogP contribution >= 0.6 is 0 Å². The summed E-state index contributed by atoms with van der Waals surface area (Å²) < 4.78 is 0. The maximum absolute atomic E-state index is 12.3. The van der Waals surface area contributed by atoms with Crippen molar-refractivity contribution in [3.05, 3.63) is 59.9 Å². The summed E-state index contributed by atoms with van der Waals surface area (Å²) in [5.41, 5.74) is 3.17. The first kappa shape index (κ1) is 18.4. The van der Waals surface area contributed by atoms with Gasteiger partial charge in [-0.2, -0.15) is 0 Å². The number of nitrogens with zero attached hydrogens (tertiary/aromatic N) is 2. The molecular formula is C21H28N4O. The van der Waals surface area contributed by atoms with Crippen LogP contribution in [0.4, 0.5) is 10.5 Å². The van der Waals surface area contributed by atoms with E-state index in [0.717, 1.165) is 43.9 Å². The van der Waals surface area contributed by atoms with Gasteiger partial charge in [-0.3, -0.25) is 9.88 Å². The minimum atomic E-state index is -0.132. The summed E-state index contributed by atoms with van der Waals surface area (Å²) in [4.78, 5) is 19.1. The molecule has 1 aliphatic rings. The van der Waals surface area contributed by atoms with Crippen molar-refractivity contribution in [1.29, 1.82) is 0 Å². The number of carbonyl (C=O) groups excluding carboxylic acids is 1. The Balaban J connectivity index is 1.49. The first-order valence-electron chi connectivity index (χ1n) is 9.40. The standard InChI is InChI=1S/C21H28N4O/c1-16(2)17-8-10-18(11-9-17)23-21(26)24-20-7-5-13-25(15-20)14-19-6-3-4-12-22-19/h3-4,6,8-12,16,20H,5,7,13-15H2,1-2H3,(H2,23,24,26)/t20-/m0/s1. The molecule has 1 aromatic heterocycles. The van der Waals surface area contributed by atoms with Gasteiger partial charge in [0.2, 0.25) is 0 Å². The van der Waals surface area contributed by atoms with E-state index < -0.39 is 0 Å². The van der Waals surface area contributed by atoms with Crippen LogP contribution in [0.2, 0.25) is 0 Å². The van der Waals surface area contributed by atoms with E-state index in [1.165, 1.54) is 5.56 Å². The van der Waals surface area contributed by atoms with E-state index in [2.05, 4.69) is 46.5 Å². The van der Waals surface area contributed by atoms with E-state index >= 15 is 0 Å². The Morgan fingerprint density at radius 1 is 1.23 bits per heavy atom. The number of anilines is 1. The number of likely N-dealkylation sites (tertiary alicyclic amines) is 1. The molecule has 3 rings (SSSR count). The van der Waals surface area contributed by atoms with Gasteiger partial charge in [0.05, 0.1) is 5.69 Å². The van der Waals surface area contributed by atoms with Gasteiger partial charge in [-0.15, -0.1) is 0 Å². The van der Waals surface area contributed by atoms with Crippen LogP contribution in [-0.4, -0.2) is 35.0 Å². The van der Waals surface area contributed by atoms with Crippen molar-refractivity contribution in [2.45, 2.75) is 45.2 Å². The van der Waals surface area contributed by atoms with Gasteiger partial charge in [-0.05, 0) is 55.1 Å². The second-order valence-corrected chi connectivity index (χ2v) is 7.27. The number of rotatable bonds is 5. The summed E-state index contributed by atoms with van der Waals surface area (Å²) in [7, 11) is 0. The fourth-order valence-electron chi connectivity index (χ4n) is 3.34. The zero-order valence-electron chi connectivity index (χ0n) is 15.6. The molecule has 2 aromatic rings. The van der Waals surface area contributed by atoms with E-state index in [1.807, 2.05) is 36.5 Å². The quantitative estimate of drug-likeness (QED) is 0.855. The van der Waals surface area contributed by atoms with E-state index in [9.17, 15) is 4.79 Å². The number of piperidine rings is 1. The van der Waals surface area contributed by atoms with Gasteiger partial charge in [-0.1, -0.05) is 32.0 Å². The fourth-order valence-corrected chi connectivity index (χ4v) is 3.34. The lowest BCUT2D eigenvalue weighted by Crippen LogP contribution is -2.48. The number of benzene rings is 1. The molecule has 26 heavy (non-hydrogen) atoms. The lowest BCUT2D eigenvalue weighted by atomic mass is 10.0. The highest BCUT2D eigenvalue weighted by Crippen LogP contribution is 2.17. The van der Waals surface area contributed by atoms with Crippen molar-refractivity contribution in [1.82, 2.24) is 15.2 Å². The van der Waals surface area contributed by atoms with Gasteiger partial charge in [0, 0.05) is 31.0 Å². The second kappa shape index (κ2) is 8.81. The summed E-state index contributed by atoms with van der Waals surface area (Å²) >= 11 is 0. The Labute approximate surface area is 155 Å². The Hall–Kier alpha value is -2.40. The molecule has 1 saturated heterocycles. The molecule has 0 saturated carbocycles. The zero-order chi connectivity index (χ0) is 18.4. The molecule has 1 atom stereocenters. The Morgan fingerprint density at radius 3 is 2.73 bits per heavy atom. The molecule has 0 bridgehead atoms. The molecule has 5 nitrogen and oxygen atoms in total. The fraction of sp³-hybridized carbons (Fsp3) is 0.429. The smallest absolute Gasteiger partial charge is 0.319 e. The first-order valence-corrected chi connectivity index (χ1v) is 9.40. The minimum Gasteiger partial charge on any atom is -0.334 e. The molecule has 1 aliphatic heterocycles. The number of hydrogen-bond donors (Lipinski definition) is 2. The summed E-state index contributed by atoms with van der Waals surface area (Å²) in [6.45, 7) is 7.06. The van der Waals surface area contributed by atoms with Gasteiger partial charge in [0.1, 0.15) is 0 Å². The molecule has 2 amide bonds. The molecule has 0 radical (unpaired) electrons. The molecule has 2 N–H and O–H groups in total. The van der Waals surface area contributed by atoms with Crippen molar-refractivity contribution < 1.29 is 4.79 Å². The number of amides is 2. The second-order valence-electron chi connectivity index (χ2n) is 7.27. The molecule has 1 fully saturated rings. The Morgan fingerprint density at radius 2 is 2.04 bits per heavy atom. The predicted molar refractivity (Wildman–Crippen MR) is 105 cm³/mol. The third-order valence-electron chi connectivity index (χ3n) is 4.79. The monoisotopic (exact) mass is 352 g/mol. The topological polar surface area (TPSA) is 57.3 Å². The number of pyridine rings is 1. The molecular weight excluding hydrogens is 324 g/mol. The van der Waals surface area contributed by atoms with Crippen LogP contribution in [-0.2, 0) is 6.54 Å². The third kappa shape index (κ3) is 5.30. The molecule has 2 heterocycles. The number of aromatic nitrogens is 1. The third-order valence-corrected chi connectivity index (χ3v) is 4.79. The van der Waals surface area contributed by atoms with Crippen LogP contribution in [0.25, 0.3) is 0 Å². The highest BCUT2D eigenvalue weighted by Gasteiger charge is 2.21. The van der Waals surface area contributed by atoms with Crippen molar-refractivity contribution in [2.75, 3.05) is 18.4 Å². The van der Waals surface area contributed by atoms with Crippen LogP contribution in [0.15, 0.2) is 48.7 Å². The summed E-state index contributed by atoms with van der Waals surface area (Å²) in [6.07, 6.45) is 3.92. The predicted octanol–water partition coefficient (Wildman–Crippen LogP) is 3.99. The Bertz CT molecular complexity index is 700. The minimum absolute atomic E-state index is 0.132. The number of nitrogens with one attached hydrogen (secondary N) is 2. The summed E-state index contributed by atoms with van der Waals surface area (Å²) in [6, 6.07) is 14.1. The van der Waals surface area contributed by atoms with Gasteiger partial charge >= 0.3 is 6.03 Å². The molecule has 0 spiro atoms. The van der Waals surface area contributed by atoms with Crippen LogP contribution in [0, 0.1) is 0 Å². The van der Waals surface area contributed by atoms with Crippen molar-refractivity contribution in [3.63, 3.8) is 0 Å². The zero-order valence-corrected chi connectivity index (χ0v) is 15.6. The Kier molecular flexibility index (Phi) is 6.23. The number of carbonyl (C=O) groups is 1. The van der Waals surface area contributed by atoms with Crippen LogP contribution in [0.1, 0.15) is 43.9 Å². The number of urea groups is 1. The van der Waals surface area contributed by atoms with Crippen molar-refractivity contribution in [3.8, 4) is 0 Å². The highest BCUT2D eigenvalue weighted by molar-refractivity contribution is 5.89. The summed E-state index contributed by atoms with van der Waals surface area (Å²) in [5, 5.41) is 6.05. The lowest BCUT2D eigenvalue weighted by molar-refractivity contribution is 0.182. The van der Waals surface area contributed by atoms with Crippen LogP contribution in [0.5, 0.6) is 0 Å². The maximum atomic E-state index is 12.3. The van der Waals surface area contributed by atoms with Crippen molar-refractivity contribution >= 4 is 11.7 Å². The molecule has 138 valence electrons. The first-order chi connectivity index (χ1) is 12.6. The molecule has 5 heteroatoms. The van der Waals surface area contributed by atoms with Crippen molar-refractivity contribution in [2.24, 2.45) is 0 Å². The average Bonchev–Trinajstić information content (AvgIpc) is 2.63. The van der Waals surface area contributed by atoms with Crippen LogP contribution in [0.3, 0.4) is 0 Å². The van der Waals surface area contributed by atoms with Crippen LogP contribution < -0.4 is 10.6 Å². The van der Waals surface area contributed by atoms with Gasteiger partial charge in [-0.25, -0.2) is 4.79 Å². The van der Waals surface area contributed by atoms with E-state index in [0.29, 0.717) is 5.92 Å². The molecule has 0 aliphatic carbocycles. The molecule has 0 unspecified atom stereocenters. The number of hydrogen-bond acceptors (Lipinski definition) is 3. The largest absolute Gasteiger partial charge is 0.334 e. The molecule has 1 aromatic carbocycles. The van der Waals surface area contributed by atoms with E-state index in [1.54, 1.807) is 0 Å². The van der Waals surface area contributed by atoms with Gasteiger partial charge in [0.25, 0.3) is 0 Å². The summed E-state index contributed by atoms with van der Waals surface area (Å²) in [5.74, 6) is 0.491. The highest BCUT2D eigenvalue weighted by atomic mass is 16.2. The average molecular weight is 352 g/mol.